The largest absolute Gasteiger partial charge is 0.307 e. The number of aromatic nitrogens is 1. The molecule has 9 heteroatoms. The Labute approximate surface area is 192 Å². The van der Waals surface area contributed by atoms with Crippen LogP contribution in [0.2, 0.25) is 5.02 Å². The van der Waals surface area contributed by atoms with Gasteiger partial charge in [-0.2, -0.15) is 10.1 Å². The van der Waals surface area contributed by atoms with Crippen molar-refractivity contribution in [1.29, 1.82) is 0 Å². The van der Waals surface area contributed by atoms with Crippen LogP contribution in [0.5, 0.6) is 0 Å². The SMILES string of the molecule is CC1(C)c2sc(=O)[nH]c2S[C@@H]2[C@@H]3C[C@@H]([C@@H]4C(=O)N(/N=C/c5ccc(Cl)cc5)C(=O)[C@H]34)[C@H]21. The minimum absolute atomic E-state index is 0.0343. The average Bonchev–Trinajstić information content (AvgIpc) is 3.44. The van der Waals surface area contributed by atoms with Crippen LogP contribution in [0.1, 0.15) is 30.7 Å². The van der Waals surface area contributed by atoms with E-state index in [0.29, 0.717) is 5.02 Å². The van der Waals surface area contributed by atoms with Crippen molar-refractivity contribution in [2.24, 2.45) is 34.7 Å². The van der Waals surface area contributed by atoms with E-state index in [0.717, 1.165) is 26.9 Å². The van der Waals surface area contributed by atoms with Crippen molar-refractivity contribution in [1.82, 2.24) is 9.99 Å². The predicted octanol–water partition coefficient (Wildman–Crippen LogP) is 3.74. The van der Waals surface area contributed by atoms with Crippen LogP contribution < -0.4 is 4.87 Å². The fraction of sp³-hybridized carbons (Fsp3) is 0.455. The number of thioether (sulfide) groups is 1. The number of hydrogen-bond acceptors (Lipinski definition) is 6. The van der Waals surface area contributed by atoms with Crippen molar-refractivity contribution in [3.63, 3.8) is 0 Å². The van der Waals surface area contributed by atoms with E-state index in [9.17, 15) is 14.4 Å². The molecule has 0 spiro atoms. The molecule has 0 unspecified atom stereocenters. The Morgan fingerprint density at radius 1 is 1.13 bits per heavy atom. The van der Waals surface area contributed by atoms with E-state index in [-0.39, 0.29) is 56.9 Å². The highest BCUT2D eigenvalue weighted by Crippen LogP contribution is 2.68. The van der Waals surface area contributed by atoms with E-state index < -0.39 is 0 Å². The van der Waals surface area contributed by atoms with Gasteiger partial charge in [-0.25, -0.2) is 0 Å². The fourth-order valence-corrected chi connectivity index (χ4v) is 9.70. The summed E-state index contributed by atoms with van der Waals surface area (Å²) in [5.41, 5.74) is 0.576. The zero-order valence-corrected chi connectivity index (χ0v) is 19.3. The zero-order valence-electron chi connectivity index (χ0n) is 16.9. The Bertz CT molecular complexity index is 1200. The molecule has 2 aliphatic heterocycles. The first kappa shape index (κ1) is 19.8. The van der Waals surface area contributed by atoms with Crippen molar-refractivity contribution >= 4 is 52.7 Å². The summed E-state index contributed by atoms with van der Waals surface area (Å²) in [4.78, 5) is 42.6. The normalized spacial score (nSPS) is 35.0. The molecule has 3 heterocycles. The molecule has 6 rings (SSSR count). The summed E-state index contributed by atoms with van der Waals surface area (Å²) < 4.78 is 0. The first-order valence-corrected chi connectivity index (χ1v) is 12.4. The van der Waals surface area contributed by atoms with Gasteiger partial charge in [-0.15, -0.1) is 11.8 Å². The number of H-pyrrole nitrogens is 1. The van der Waals surface area contributed by atoms with Crippen LogP contribution in [0.3, 0.4) is 0 Å². The first-order chi connectivity index (χ1) is 14.8. The quantitative estimate of drug-likeness (QED) is 0.532. The van der Waals surface area contributed by atoms with Crippen LogP contribution in [0.15, 0.2) is 39.2 Å². The number of hydrogen-bond donors (Lipinski definition) is 1. The molecule has 2 aliphatic carbocycles. The second-order valence-electron chi connectivity index (χ2n) is 9.40. The molecular formula is C22H20ClN3O3S2. The molecule has 1 aromatic heterocycles. The summed E-state index contributed by atoms with van der Waals surface area (Å²) in [5.74, 6) is -0.448. The van der Waals surface area contributed by atoms with Gasteiger partial charge in [-0.3, -0.25) is 14.4 Å². The third kappa shape index (κ3) is 2.64. The van der Waals surface area contributed by atoms with Crippen LogP contribution in [-0.4, -0.2) is 33.3 Å². The number of carbonyl (C=O) groups excluding carboxylic acids is 2. The average molecular weight is 474 g/mol. The number of nitrogens with zero attached hydrogens (tertiary/aromatic N) is 2. The molecule has 1 saturated heterocycles. The maximum absolute atomic E-state index is 13.3. The number of fused-ring (bicyclic) bond motifs is 9. The Balaban J connectivity index is 1.33. The van der Waals surface area contributed by atoms with E-state index in [4.69, 9.17) is 11.6 Å². The Morgan fingerprint density at radius 2 is 1.81 bits per heavy atom. The van der Waals surface area contributed by atoms with Gasteiger partial charge in [0, 0.05) is 20.6 Å². The number of halogens is 1. The predicted molar refractivity (Wildman–Crippen MR) is 121 cm³/mol. The van der Waals surface area contributed by atoms with Gasteiger partial charge < -0.3 is 4.98 Å². The van der Waals surface area contributed by atoms with E-state index in [1.54, 1.807) is 42.2 Å². The second-order valence-corrected chi connectivity index (χ2v) is 12.0. The molecule has 6 atom stereocenters. The molecule has 4 aliphatic rings. The first-order valence-electron chi connectivity index (χ1n) is 10.3. The Hall–Kier alpha value is -1.90. The third-order valence-corrected chi connectivity index (χ3v) is 10.6. The van der Waals surface area contributed by atoms with Gasteiger partial charge in [-0.1, -0.05) is 48.9 Å². The molecule has 1 aromatic carbocycles. The molecule has 2 saturated carbocycles. The number of carbonyl (C=O) groups is 2. The standard InChI is InChI=1S/C22H20ClN3O3S2/c1-22(2)15-11-7-12(16(15)30-18-17(22)31-21(29)25-18)14-13(11)19(27)26(20(14)28)24-8-9-3-5-10(23)6-4-9/h3-6,8,11-16H,7H2,1-2H3,(H,25,29)/b24-8+/t11-,12+,13-,14+,15+,16+/m0/s1. The maximum atomic E-state index is 13.3. The minimum atomic E-state index is -0.309. The van der Waals surface area contributed by atoms with Crippen molar-refractivity contribution in [3.05, 3.63) is 49.4 Å². The van der Waals surface area contributed by atoms with Crippen LogP contribution in [0.25, 0.3) is 0 Å². The lowest BCUT2D eigenvalue weighted by Gasteiger charge is -2.47. The number of benzene rings is 1. The van der Waals surface area contributed by atoms with Gasteiger partial charge in [0.25, 0.3) is 11.8 Å². The summed E-state index contributed by atoms with van der Waals surface area (Å²) in [6.07, 6.45) is 2.44. The fourth-order valence-electron chi connectivity index (χ4n) is 6.43. The second kappa shape index (κ2) is 6.56. The molecule has 2 aromatic rings. The smallest absolute Gasteiger partial charge is 0.305 e. The molecule has 1 N–H and O–H groups in total. The van der Waals surface area contributed by atoms with Gasteiger partial charge in [0.2, 0.25) is 0 Å². The van der Waals surface area contributed by atoms with E-state index >= 15 is 0 Å². The summed E-state index contributed by atoms with van der Waals surface area (Å²) >= 11 is 8.90. The topological polar surface area (TPSA) is 82.6 Å². The van der Waals surface area contributed by atoms with Crippen molar-refractivity contribution in [3.8, 4) is 0 Å². The van der Waals surface area contributed by atoms with Crippen molar-refractivity contribution in [2.45, 2.75) is 36.0 Å². The van der Waals surface area contributed by atoms with Crippen molar-refractivity contribution < 1.29 is 9.59 Å². The molecule has 0 radical (unpaired) electrons. The highest BCUT2D eigenvalue weighted by molar-refractivity contribution is 8.00. The van der Waals surface area contributed by atoms with Crippen LogP contribution in [0.4, 0.5) is 0 Å². The lowest BCUT2D eigenvalue weighted by Crippen LogP contribution is -2.48. The van der Waals surface area contributed by atoms with Crippen LogP contribution >= 0.6 is 34.7 Å². The highest BCUT2D eigenvalue weighted by atomic mass is 35.5. The molecular weight excluding hydrogens is 454 g/mol. The number of rotatable bonds is 2. The highest BCUT2D eigenvalue weighted by Gasteiger charge is 2.71. The summed E-state index contributed by atoms with van der Waals surface area (Å²) in [5, 5.41) is 7.16. The van der Waals surface area contributed by atoms with Crippen LogP contribution in [0, 0.1) is 29.6 Å². The van der Waals surface area contributed by atoms with Gasteiger partial charge in [-0.05, 0) is 41.9 Å². The molecule has 6 nitrogen and oxygen atoms in total. The third-order valence-electron chi connectivity index (χ3n) is 7.56. The number of amides is 2. The van der Waals surface area contributed by atoms with Gasteiger partial charge in [0.1, 0.15) is 0 Å². The van der Waals surface area contributed by atoms with E-state index in [1.165, 1.54) is 11.3 Å². The maximum Gasteiger partial charge on any atom is 0.305 e. The minimum Gasteiger partial charge on any atom is -0.307 e. The zero-order chi connectivity index (χ0) is 21.7. The molecule has 2 amide bonds. The summed E-state index contributed by atoms with van der Waals surface area (Å²) in [7, 11) is 0. The lowest BCUT2D eigenvalue weighted by atomic mass is 9.64. The molecule has 3 fully saturated rings. The molecule has 31 heavy (non-hydrogen) atoms. The molecule has 2 bridgehead atoms. The summed E-state index contributed by atoms with van der Waals surface area (Å²) in [6.45, 7) is 4.36. The number of imide groups is 1. The van der Waals surface area contributed by atoms with E-state index in [2.05, 4.69) is 23.9 Å². The molecule has 160 valence electrons. The number of nitrogens with one attached hydrogen (secondary N) is 1. The summed E-state index contributed by atoms with van der Waals surface area (Å²) in [6, 6.07) is 7.10. The monoisotopic (exact) mass is 473 g/mol. The lowest BCUT2D eigenvalue weighted by molar-refractivity contribution is -0.140. The Kier molecular flexibility index (Phi) is 4.18. The number of hydrazone groups is 1. The van der Waals surface area contributed by atoms with Gasteiger partial charge in [0.15, 0.2) is 0 Å². The van der Waals surface area contributed by atoms with Gasteiger partial charge in [0.05, 0.1) is 23.1 Å². The Morgan fingerprint density at radius 3 is 2.52 bits per heavy atom. The van der Waals surface area contributed by atoms with E-state index in [1.807, 2.05) is 0 Å². The van der Waals surface area contributed by atoms with Crippen molar-refractivity contribution in [2.75, 3.05) is 0 Å². The number of thiazole rings is 1. The van der Waals surface area contributed by atoms with Crippen LogP contribution in [-0.2, 0) is 15.0 Å². The van der Waals surface area contributed by atoms with Gasteiger partial charge >= 0.3 is 4.87 Å². The number of aromatic amines is 1.